The molecule has 6 nitrogen and oxygen atoms in total. The topological polar surface area (TPSA) is 71.7 Å². The second-order valence-electron chi connectivity index (χ2n) is 7.37. The zero-order valence-electron chi connectivity index (χ0n) is 17.1. The predicted octanol–water partition coefficient (Wildman–Crippen LogP) is 4.50. The molecule has 2 aromatic carbocycles. The Bertz CT molecular complexity index is 1120. The standard InChI is InChI=1S/C23H21Cl2FN4O2/c24-16-3-6-21(19(25)11-16)32-14-23(31)30-9-7-29(8-10-30)18-12-20(28-22(27)13-18)15-1-4-17(26)5-2-15/h1-6,11-13H,7-10,14H2,(H2,27,28). The van der Waals surface area contributed by atoms with E-state index in [2.05, 4.69) is 9.88 Å². The number of piperazine rings is 1. The number of halogens is 3. The number of aromatic nitrogens is 1. The van der Waals surface area contributed by atoms with E-state index in [0.29, 0.717) is 53.5 Å². The monoisotopic (exact) mass is 474 g/mol. The van der Waals surface area contributed by atoms with Crippen LogP contribution in [0.3, 0.4) is 0 Å². The number of hydrogen-bond donors (Lipinski definition) is 1. The maximum Gasteiger partial charge on any atom is 0.260 e. The van der Waals surface area contributed by atoms with Crippen LogP contribution < -0.4 is 15.4 Å². The van der Waals surface area contributed by atoms with Gasteiger partial charge in [-0.15, -0.1) is 0 Å². The highest BCUT2D eigenvalue weighted by atomic mass is 35.5. The van der Waals surface area contributed by atoms with Gasteiger partial charge in [-0.05, 0) is 48.5 Å². The lowest BCUT2D eigenvalue weighted by Crippen LogP contribution is -2.50. The number of hydrogen-bond acceptors (Lipinski definition) is 5. The Labute approximate surface area is 195 Å². The minimum Gasteiger partial charge on any atom is -0.482 e. The number of nitrogen functional groups attached to an aromatic ring is 1. The Morgan fingerprint density at radius 2 is 1.75 bits per heavy atom. The van der Waals surface area contributed by atoms with Crippen molar-refractivity contribution in [1.82, 2.24) is 9.88 Å². The van der Waals surface area contributed by atoms with E-state index < -0.39 is 0 Å². The zero-order chi connectivity index (χ0) is 22.7. The maximum absolute atomic E-state index is 13.2. The highest BCUT2D eigenvalue weighted by Gasteiger charge is 2.22. The van der Waals surface area contributed by atoms with Gasteiger partial charge in [-0.1, -0.05) is 23.2 Å². The van der Waals surface area contributed by atoms with Crippen LogP contribution >= 0.6 is 23.2 Å². The summed E-state index contributed by atoms with van der Waals surface area (Å²) in [5.41, 5.74) is 8.38. The Kier molecular flexibility index (Phi) is 6.67. The summed E-state index contributed by atoms with van der Waals surface area (Å²) in [5.74, 6) is 0.384. The fourth-order valence-electron chi connectivity index (χ4n) is 3.53. The van der Waals surface area contributed by atoms with Crippen LogP contribution in [0.15, 0.2) is 54.6 Å². The van der Waals surface area contributed by atoms with Crippen molar-refractivity contribution in [3.8, 4) is 17.0 Å². The van der Waals surface area contributed by atoms with E-state index in [9.17, 15) is 9.18 Å². The number of pyridine rings is 1. The summed E-state index contributed by atoms with van der Waals surface area (Å²) in [7, 11) is 0. The third kappa shape index (κ3) is 5.23. The smallest absolute Gasteiger partial charge is 0.260 e. The summed E-state index contributed by atoms with van der Waals surface area (Å²) in [6.07, 6.45) is 0. The molecule has 0 atom stereocenters. The third-order valence-corrected chi connectivity index (χ3v) is 5.74. The normalized spacial score (nSPS) is 13.8. The molecule has 0 aliphatic carbocycles. The molecular weight excluding hydrogens is 454 g/mol. The molecule has 0 saturated carbocycles. The molecule has 0 bridgehead atoms. The highest BCUT2D eigenvalue weighted by Crippen LogP contribution is 2.28. The van der Waals surface area contributed by atoms with Gasteiger partial charge in [-0.25, -0.2) is 9.37 Å². The molecule has 166 valence electrons. The molecule has 32 heavy (non-hydrogen) atoms. The van der Waals surface area contributed by atoms with Crippen molar-refractivity contribution in [2.24, 2.45) is 0 Å². The van der Waals surface area contributed by atoms with E-state index >= 15 is 0 Å². The van der Waals surface area contributed by atoms with Crippen molar-refractivity contribution in [2.45, 2.75) is 0 Å². The van der Waals surface area contributed by atoms with E-state index in [1.165, 1.54) is 12.1 Å². The number of nitrogens with two attached hydrogens (primary N) is 1. The minimum atomic E-state index is -0.305. The summed E-state index contributed by atoms with van der Waals surface area (Å²) in [6, 6.07) is 14.7. The quantitative estimate of drug-likeness (QED) is 0.589. The number of anilines is 2. The molecule has 1 aromatic heterocycles. The van der Waals surface area contributed by atoms with Crippen molar-refractivity contribution >= 4 is 40.6 Å². The second kappa shape index (κ2) is 9.63. The molecule has 1 fully saturated rings. The molecule has 1 amide bonds. The Morgan fingerprint density at radius 3 is 2.44 bits per heavy atom. The van der Waals surface area contributed by atoms with Gasteiger partial charge < -0.3 is 20.3 Å². The van der Waals surface area contributed by atoms with E-state index in [1.807, 2.05) is 6.07 Å². The number of ether oxygens (including phenoxy) is 1. The number of nitrogens with zero attached hydrogens (tertiary/aromatic N) is 3. The first-order valence-corrected chi connectivity index (χ1v) is 10.8. The Hall–Kier alpha value is -3.03. The number of carbonyl (C=O) groups excluding carboxylic acids is 1. The van der Waals surface area contributed by atoms with Crippen LogP contribution in [-0.2, 0) is 4.79 Å². The van der Waals surface area contributed by atoms with E-state index in [0.717, 1.165) is 11.3 Å². The van der Waals surface area contributed by atoms with E-state index in [4.69, 9.17) is 33.7 Å². The Morgan fingerprint density at radius 1 is 1.03 bits per heavy atom. The van der Waals surface area contributed by atoms with Crippen LogP contribution in [0.2, 0.25) is 10.0 Å². The fourth-order valence-corrected chi connectivity index (χ4v) is 3.99. The minimum absolute atomic E-state index is 0.0989. The van der Waals surface area contributed by atoms with Crippen LogP contribution in [0.4, 0.5) is 15.9 Å². The molecule has 0 unspecified atom stereocenters. The van der Waals surface area contributed by atoms with Crippen molar-refractivity contribution in [3.05, 3.63) is 70.5 Å². The van der Waals surface area contributed by atoms with Crippen LogP contribution in [0, 0.1) is 5.82 Å². The largest absolute Gasteiger partial charge is 0.482 e. The van der Waals surface area contributed by atoms with Gasteiger partial charge in [0.25, 0.3) is 5.91 Å². The summed E-state index contributed by atoms with van der Waals surface area (Å²) in [6.45, 7) is 2.27. The third-order valence-electron chi connectivity index (χ3n) is 5.21. The van der Waals surface area contributed by atoms with Gasteiger partial charge in [0.05, 0.1) is 10.7 Å². The number of carbonyl (C=O) groups is 1. The lowest BCUT2D eigenvalue weighted by atomic mass is 10.1. The SMILES string of the molecule is Nc1cc(N2CCN(C(=O)COc3ccc(Cl)cc3Cl)CC2)cc(-c2ccc(F)cc2)n1. The molecule has 2 N–H and O–H groups in total. The molecule has 1 aliphatic heterocycles. The van der Waals surface area contributed by atoms with Crippen LogP contribution in [0.25, 0.3) is 11.3 Å². The van der Waals surface area contributed by atoms with Gasteiger partial charge in [0.2, 0.25) is 0 Å². The van der Waals surface area contributed by atoms with Gasteiger partial charge in [-0.3, -0.25) is 4.79 Å². The number of amides is 1. The van der Waals surface area contributed by atoms with E-state index in [-0.39, 0.29) is 18.3 Å². The average molecular weight is 475 g/mol. The molecular formula is C23H21Cl2FN4O2. The van der Waals surface area contributed by atoms with Gasteiger partial charge in [-0.2, -0.15) is 0 Å². The zero-order valence-corrected chi connectivity index (χ0v) is 18.6. The lowest BCUT2D eigenvalue weighted by molar-refractivity contribution is -0.133. The maximum atomic E-state index is 13.2. The lowest BCUT2D eigenvalue weighted by Gasteiger charge is -2.36. The summed E-state index contributed by atoms with van der Waals surface area (Å²) >= 11 is 12.0. The van der Waals surface area contributed by atoms with Crippen molar-refractivity contribution in [1.29, 1.82) is 0 Å². The van der Waals surface area contributed by atoms with Crippen molar-refractivity contribution in [2.75, 3.05) is 43.4 Å². The van der Waals surface area contributed by atoms with Gasteiger partial charge >= 0.3 is 0 Å². The molecule has 3 aromatic rings. The van der Waals surface area contributed by atoms with Crippen LogP contribution in [-0.4, -0.2) is 48.6 Å². The van der Waals surface area contributed by atoms with Crippen LogP contribution in [0.5, 0.6) is 5.75 Å². The van der Waals surface area contributed by atoms with Crippen LogP contribution in [0.1, 0.15) is 0 Å². The molecule has 4 rings (SSSR count). The van der Waals surface area contributed by atoms with Crippen molar-refractivity contribution in [3.63, 3.8) is 0 Å². The molecule has 1 saturated heterocycles. The number of benzene rings is 2. The summed E-state index contributed by atoms with van der Waals surface area (Å²) in [5, 5.41) is 0.867. The summed E-state index contributed by atoms with van der Waals surface area (Å²) in [4.78, 5) is 20.8. The summed E-state index contributed by atoms with van der Waals surface area (Å²) < 4.78 is 18.8. The van der Waals surface area contributed by atoms with Gasteiger partial charge in [0.1, 0.15) is 17.4 Å². The fraction of sp³-hybridized carbons (Fsp3) is 0.217. The van der Waals surface area contributed by atoms with Gasteiger partial charge in [0.15, 0.2) is 6.61 Å². The Balaban J connectivity index is 1.37. The molecule has 0 radical (unpaired) electrons. The molecule has 9 heteroatoms. The molecule has 2 heterocycles. The first-order valence-electron chi connectivity index (χ1n) is 10.0. The number of rotatable bonds is 5. The first kappa shape index (κ1) is 22.2. The first-order chi connectivity index (χ1) is 15.4. The van der Waals surface area contributed by atoms with E-state index in [1.54, 1.807) is 41.3 Å². The second-order valence-corrected chi connectivity index (χ2v) is 8.22. The average Bonchev–Trinajstić information content (AvgIpc) is 2.78. The molecule has 0 spiro atoms. The molecule has 1 aliphatic rings. The predicted molar refractivity (Wildman–Crippen MR) is 125 cm³/mol. The van der Waals surface area contributed by atoms with Gasteiger partial charge in [0, 0.05) is 48.5 Å². The highest BCUT2D eigenvalue weighted by molar-refractivity contribution is 6.35. The van der Waals surface area contributed by atoms with Crippen molar-refractivity contribution < 1.29 is 13.9 Å².